The Morgan fingerprint density at radius 2 is 1.13 bits per heavy atom. The van der Waals surface area contributed by atoms with Crippen molar-refractivity contribution in [1.82, 2.24) is 14.7 Å². The molecule has 0 radical (unpaired) electrons. The minimum Gasteiger partial charge on any atom is -0.508 e. The van der Waals surface area contributed by atoms with Gasteiger partial charge >= 0.3 is 6.09 Å². The number of phenolic OH excluding ortho intramolecular Hbond substituents is 1. The normalized spacial score (nSPS) is 14.9. The number of benzene rings is 6. The Kier molecular flexibility index (Phi) is 20.1. The van der Waals surface area contributed by atoms with Crippen molar-refractivity contribution in [3.8, 4) is 39.5 Å². The van der Waals surface area contributed by atoms with Crippen molar-refractivity contribution in [2.75, 3.05) is 81.9 Å². The Balaban J connectivity index is 0.000000190. The smallest absolute Gasteiger partial charge is 0.410 e. The molecule has 1 N–H and O–H groups in total. The van der Waals surface area contributed by atoms with Crippen LogP contribution in [-0.4, -0.2) is 127 Å². The first-order valence-electron chi connectivity index (χ1n) is 26.3. The number of hydrogen-bond acceptors (Lipinski definition) is 10. The van der Waals surface area contributed by atoms with Gasteiger partial charge in [-0.25, -0.2) is 4.79 Å². The van der Waals surface area contributed by atoms with E-state index in [0.29, 0.717) is 56.5 Å². The number of hydrogen-bond donors (Lipinski definition) is 1. The molecule has 4 heterocycles. The average molecular weight is 1220 g/mol. The zero-order valence-corrected chi connectivity index (χ0v) is 49.8. The first-order chi connectivity index (χ1) is 37.6. The molecule has 14 nitrogen and oxygen atoms in total. The third kappa shape index (κ3) is 14.8. The van der Waals surface area contributed by atoms with Gasteiger partial charge in [0.25, 0.3) is 11.8 Å². The van der Waals surface area contributed by atoms with Crippen molar-refractivity contribution in [3.05, 3.63) is 137 Å². The molecule has 17 heteroatoms. The quantitative estimate of drug-likeness (QED) is 0.0981. The van der Waals surface area contributed by atoms with Crippen molar-refractivity contribution in [3.63, 3.8) is 0 Å². The lowest BCUT2D eigenvalue weighted by Crippen LogP contribution is -2.56. The molecule has 0 bridgehead atoms. The van der Waals surface area contributed by atoms with E-state index in [1.807, 2.05) is 81.4 Å². The van der Waals surface area contributed by atoms with Gasteiger partial charge in [0.05, 0.1) is 11.4 Å². The number of phenols is 1. The van der Waals surface area contributed by atoms with E-state index in [1.54, 1.807) is 31.7 Å². The second-order valence-electron chi connectivity index (χ2n) is 20.6. The van der Waals surface area contributed by atoms with Crippen LogP contribution >= 0.6 is 43.5 Å². The number of allylic oxidation sites excluding steroid dienone is 1. The number of ether oxygens (including phenoxy) is 3. The zero-order chi connectivity index (χ0) is 57.3. The molecule has 0 saturated carbocycles. The van der Waals surface area contributed by atoms with E-state index in [2.05, 4.69) is 102 Å². The van der Waals surface area contributed by atoms with Gasteiger partial charge in [-0.3, -0.25) is 19.2 Å². The van der Waals surface area contributed by atoms with Crippen LogP contribution in [0.15, 0.2) is 131 Å². The fourth-order valence-corrected chi connectivity index (χ4v) is 10.9. The van der Waals surface area contributed by atoms with Gasteiger partial charge in [-0.05, 0) is 146 Å². The molecule has 2 saturated heterocycles. The number of aryl methyl sites for hydroxylation is 1. The van der Waals surface area contributed by atoms with Crippen LogP contribution in [0.25, 0.3) is 43.8 Å². The maximum atomic E-state index is 12.8. The first kappa shape index (κ1) is 59.9. The molecule has 4 amide bonds. The standard InChI is InChI=1S/C28H29BrN2O4.C25H21BrN2O4.C6H15N.C3H3ClO/c1-17-9-19-7-5-6-8-20(19)21(10-17)22-11-25-24(12-23(22)29)31(26(32)16-34-25)15-18-13-30(14-18)27(33)35-28(2,3)4;1-2-24(30)27-11-15(12-27)13-28-22-10-21(26)20(9-23(22)32-14-25(28)31)19-8-17(29)7-16-5-3-4-6-18(16)19;1-4-7(5-2)6-3;1-2-3(4)5/h5-12,18H,13-16H2,1-4H3;2-10,15,29H,1,11-14H2;4-6H2,1-3H3;2H,1H2. The number of carbonyl (C=O) groups is 5. The molecule has 0 spiro atoms. The number of anilines is 2. The van der Waals surface area contributed by atoms with Gasteiger partial charge in [0.15, 0.2) is 13.2 Å². The lowest BCUT2D eigenvalue weighted by atomic mass is 9.95. The summed E-state index contributed by atoms with van der Waals surface area (Å²) < 4.78 is 18.8. The third-order valence-electron chi connectivity index (χ3n) is 13.9. The van der Waals surface area contributed by atoms with E-state index in [4.69, 9.17) is 25.8 Å². The number of fused-ring (bicyclic) bond motifs is 4. The van der Waals surface area contributed by atoms with Crippen LogP contribution in [0, 0.1) is 18.8 Å². The maximum Gasteiger partial charge on any atom is 0.410 e. The number of carbonyl (C=O) groups excluding carboxylic acids is 5. The Labute approximate surface area is 484 Å². The lowest BCUT2D eigenvalue weighted by molar-refractivity contribution is -0.132. The topological polar surface area (TPSA) is 149 Å². The fourth-order valence-electron chi connectivity index (χ4n) is 9.80. The van der Waals surface area contributed by atoms with Crippen molar-refractivity contribution < 1.29 is 43.3 Å². The van der Waals surface area contributed by atoms with E-state index in [9.17, 15) is 29.1 Å². The Morgan fingerprint density at radius 1 is 0.684 bits per heavy atom. The second-order valence-corrected chi connectivity index (χ2v) is 22.7. The number of halogens is 3. The van der Waals surface area contributed by atoms with E-state index in [0.717, 1.165) is 53.7 Å². The Bertz CT molecular complexity index is 3270. The monoisotopic (exact) mass is 1220 g/mol. The lowest BCUT2D eigenvalue weighted by Gasteiger charge is -2.42. The highest BCUT2D eigenvalue weighted by Crippen LogP contribution is 2.46. The molecule has 0 unspecified atom stereocenters. The predicted molar refractivity (Wildman–Crippen MR) is 322 cm³/mol. The molecule has 10 rings (SSSR count). The summed E-state index contributed by atoms with van der Waals surface area (Å²) in [4.78, 5) is 68.2. The summed E-state index contributed by atoms with van der Waals surface area (Å²) in [5.74, 6) is 1.64. The SMILES string of the molecule is C=CC(=O)Cl.C=CC(=O)N1CC(CN2C(=O)COc3cc(-c4cc(O)cc5ccccc45)c(Br)cc32)C1.CCN(CC)CC.Cc1cc(-c2cc3c(cc2Br)N(CC2CN(C(=O)OC(C)(C)C)C2)C(=O)CO3)c2ccccc2c1. The molecule has 2 fully saturated rings. The molecule has 0 aliphatic carbocycles. The molecule has 6 aromatic rings. The van der Waals surface area contributed by atoms with Gasteiger partial charge in [-0.2, -0.15) is 0 Å². The third-order valence-corrected chi connectivity index (χ3v) is 15.3. The molecule has 0 atom stereocenters. The largest absolute Gasteiger partial charge is 0.508 e. The number of nitrogens with zero attached hydrogens (tertiary/aromatic N) is 5. The van der Waals surface area contributed by atoms with E-state index >= 15 is 0 Å². The van der Waals surface area contributed by atoms with Crippen LogP contribution in [0.2, 0.25) is 0 Å². The van der Waals surface area contributed by atoms with Crippen LogP contribution < -0.4 is 19.3 Å². The molecule has 416 valence electrons. The summed E-state index contributed by atoms with van der Waals surface area (Å²) in [5, 5.41) is 14.0. The van der Waals surface area contributed by atoms with Crippen LogP contribution in [0.1, 0.15) is 47.1 Å². The predicted octanol–water partition coefficient (Wildman–Crippen LogP) is 12.8. The minimum absolute atomic E-state index is 0.00510. The van der Waals surface area contributed by atoms with Crippen molar-refractivity contribution >= 4 is 105 Å². The average Bonchev–Trinajstić information content (AvgIpc) is 3.51. The summed E-state index contributed by atoms with van der Waals surface area (Å²) >= 11 is 12.1. The maximum absolute atomic E-state index is 12.8. The Morgan fingerprint density at radius 3 is 1.56 bits per heavy atom. The summed E-state index contributed by atoms with van der Waals surface area (Å²) in [6.07, 6.45) is 2.05. The van der Waals surface area contributed by atoms with Crippen LogP contribution in [0.4, 0.5) is 16.2 Å². The number of amides is 4. The summed E-state index contributed by atoms with van der Waals surface area (Å²) in [7, 11) is 0. The van der Waals surface area contributed by atoms with Gasteiger partial charge in [0.1, 0.15) is 22.8 Å². The van der Waals surface area contributed by atoms with E-state index in [-0.39, 0.29) is 54.6 Å². The fraction of sp³-hybridized carbons (Fsp3) is 0.339. The molecular weight excluding hydrogens is 1150 g/mol. The van der Waals surface area contributed by atoms with Gasteiger partial charge in [0, 0.05) is 71.2 Å². The molecule has 0 aromatic heterocycles. The van der Waals surface area contributed by atoms with Crippen LogP contribution in [-0.2, 0) is 23.9 Å². The number of likely N-dealkylation sites (tertiary alicyclic amines) is 2. The van der Waals surface area contributed by atoms with Crippen molar-refractivity contribution in [1.29, 1.82) is 0 Å². The van der Waals surface area contributed by atoms with Gasteiger partial charge < -0.3 is 43.8 Å². The minimum atomic E-state index is -0.520. The number of rotatable bonds is 11. The van der Waals surface area contributed by atoms with Crippen LogP contribution in [0.5, 0.6) is 17.2 Å². The second kappa shape index (κ2) is 26.5. The van der Waals surface area contributed by atoms with Crippen LogP contribution in [0.3, 0.4) is 0 Å². The molecule has 79 heavy (non-hydrogen) atoms. The first-order valence-corrected chi connectivity index (χ1v) is 28.3. The van der Waals surface area contributed by atoms with Crippen molar-refractivity contribution in [2.24, 2.45) is 11.8 Å². The van der Waals surface area contributed by atoms with E-state index in [1.165, 1.54) is 42.0 Å². The van der Waals surface area contributed by atoms with Gasteiger partial charge in [-0.1, -0.05) is 126 Å². The number of aromatic hydroxyl groups is 1. The van der Waals surface area contributed by atoms with Gasteiger partial charge in [0.2, 0.25) is 11.1 Å². The molecule has 4 aliphatic heterocycles. The molecular formula is C62H68Br2ClN5O9. The highest BCUT2D eigenvalue weighted by Gasteiger charge is 2.38. The highest BCUT2D eigenvalue weighted by atomic mass is 79.9. The highest BCUT2D eigenvalue weighted by molar-refractivity contribution is 9.11. The van der Waals surface area contributed by atoms with Crippen molar-refractivity contribution in [2.45, 2.75) is 54.1 Å². The molecule has 6 aromatic carbocycles. The zero-order valence-electron chi connectivity index (χ0n) is 45.8. The summed E-state index contributed by atoms with van der Waals surface area (Å²) in [6.45, 7) is 27.8. The van der Waals surface area contributed by atoms with E-state index < -0.39 is 10.8 Å². The van der Waals surface area contributed by atoms with Gasteiger partial charge in [-0.15, -0.1) is 0 Å². The summed E-state index contributed by atoms with van der Waals surface area (Å²) in [5.41, 5.74) is 6.01. The Hall–Kier alpha value is -6.72. The molecule has 4 aliphatic rings. The summed E-state index contributed by atoms with van der Waals surface area (Å²) in [6, 6.07) is 31.8.